The maximum Gasteiger partial charge on any atom is 0.222 e. The van der Waals surface area contributed by atoms with Crippen LogP contribution < -0.4 is 10.6 Å². The minimum Gasteiger partial charge on any atom is -0.347 e. The number of aromatic nitrogens is 1. The highest BCUT2D eigenvalue weighted by molar-refractivity contribution is 5.85. The van der Waals surface area contributed by atoms with E-state index in [0.29, 0.717) is 18.4 Å². The molecule has 1 saturated heterocycles. The molecule has 2 rings (SSSR count). The van der Waals surface area contributed by atoms with E-state index in [4.69, 9.17) is 0 Å². The van der Waals surface area contributed by atoms with Crippen molar-refractivity contribution >= 4 is 30.7 Å². The Kier molecular flexibility index (Phi) is 9.65. The van der Waals surface area contributed by atoms with Crippen molar-refractivity contribution in [2.75, 3.05) is 6.54 Å². The van der Waals surface area contributed by atoms with Crippen LogP contribution in [0.2, 0.25) is 0 Å². The molecule has 2 unspecified atom stereocenters. The van der Waals surface area contributed by atoms with E-state index in [9.17, 15) is 4.79 Å². The summed E-state index contributed by atoms with van der Waals surface area (Å²) in [7, 11) is 0. The molecule has 2 atom stereocenters. The summed E-state index contributed by atoms with van der Waals surface area (Å²) in [4.78, 5) is 16.7. The predicted octanol–water partition coefficient (Wildman–Crippen LogP) is 3.19. The summed E-state index contributed by atoms with van der Waals surface area (Å²) in [6.45, 7) is 7.31. The Morgan fingerprint density at radius 2 is 2.18 bits per heavy atom. The third-order valence-corrected chi connectivity index (χ3v) is 3.92. The van der Waals surface area contributed by atoms with Crippen molar-refractivity contribution < 1.29 is 4.79 Å². The summed E-state index contributed by atoms with van der Waals surface area (Å²) in [5.74, 6) is 0.442. The second-order valence-corrected chi connectivity index (χ2v) is 5.99. The number of rotatable bonds is 5. The SMILES string of the molecule is Cc1cccnc1C(NC(=O)CC1CCCN1)C(C)C.Cl.Cl. The number of aryl methyl sites for hydroxylation is 1. The number of nitrogens with one attached hydrogen (secondary N) is 2. The molecule has 6 heteroatoms. The smallest absolute Gasteiger partial charge is 0.222 e. The molecule has 0 bridgehead atoms. The highest BCUT2D eigenvalue weighted by Gasteiger charge is 2.23. The van der Waals surface area contributed by atoms with E-state index in [1.165, 1.54) is 6.42 Å². The molecule has 0 radical (unpaired) electrons. The fraction of sp³-hybridized carbons (Fsp3) is 0.625. The lowest BCUT2D eigenvalue weighted by molar-refractivity contribution is -0.122. The fourth-order valence-corrected chi connectivity index (χ4v) is 2.76. The van der Waals surface area contributed by atoms with Crippen LogP contribution in [0.3, 0.4) is 0 Å². The fourth-order valence-electron chi connectivity index (χ4n) is 2.76. The van der Waals surface area contributed by atoms with Crippen LogP contribution in [0.4, 0.5) is 0 Å². The van der Waals surface area contributed by atoms with Gasteiger partial charge in [-0.3, -0.25) is 9.78 Å². The number of hydrogen-bond acceptors (Lipinski definition) is 3. The molecule has 1 aliphatic rings. The molecular formula is C16H27Cl2N3O. The second-order valence-electron chi connectivity index (χ2n) is 5.99. The quantitative estimate of drug-likeness (QED) is 0.859. The topological polar surface area (TPSA) is 54.0 Å². The molecule has 0 aromatic carbocycles. The number of carbonyl (C=O) groups is 1. The third-order valence-electron chi connectivity index (χ3n) is 3.92. The molecule has 1 aromatic heterocycles. The van der Waals surface area contributed by atoms with Gasteiger partial charge in [0.25, 0.3) is 0 Å². The Balaban J connectivity index is 0.00000220. The van der Waals surface area contributed by atoms with Crippen LogP contribution in [0.15, 0.2) is 18.3 Å². The standard InChI is InChI=1S/C16H25N3O.2ClH/c1-11(2)15(16-12(3)6-4-9-18-16)19-14(20)10-13-7-5-8-17-13;;/h4,6,9,11,13,15,17H,5,7-8,10H2,1-3H3,(H,19,20);2*1H. The van der Waals surface area contributed by atoms with Crippen LogP contribution in [0.25, 0.3) is 0 Å². The monoisotopic (exact) mass is 347 g/mol. The van der Waals surface area contributed by atoms with Gasteiger partial charge in [0.05, 0.1) is 11.7 Å². The second kappa shape index (κ2) is 10.0. The van der Waals surface area contributed by atoms with E-state index < -0.39 is 0 Å². The first-order valence-electron chi connectivity index (χ1n) is 7.52. The van der Waals surface area contributed by atoms with E-state index in [0.717, 1.165) is 24.2 Å². The van der Waals surface area contributed by atoms with Gasteiger partial charge in [-0.1, -0.05) is 19.9 Å². The van der Waals surface area contributed by atoms with Crippen LogP contribution >= 0.6 is 24.8 Å². The van der Waals surface area contributed by atoms with Crippen molar-refractivity contribution in [2.45, 2.75) is 52.1 Å². The lowest BCUT2D eigenvalue weighted by Gasteiger charge is -2.24. The summed E-state index contributed by atoms with van der Waals surface area (Å²) < 4.78 is 0. The first-order valence-corrected chi connectivity index (χ1v) is 7.52. The van der Waals surface area contributed by atoms with Gasteiger partial charge in [-0.05, 0) is 43.9 Å². The number of nitrogens with zero attached hydrogens (tertiary/aromatic N) is 1. The molecule has 1 aromatic rings. The van der Waals surface area contributed by atoms with Crippen molar-refractivity contribution in [3.05, 3.63) is 29.6 Å². The Hall–Kier alpha value is -0.840. The molecule has 0 spiro atoms. The molecule has 0 aliphatic carbocycles. The Morgan fingerprint density at radius 3 is 2.73 bits per heavy atom. The van der Waals surface area contributed by atoms with E-state index in [2.05, 4.69) is 29.5 Å². The Bertz CT molecular complexity index is 462. The average molecular weight is 348 g/mol. The lowest BCUT2D eigenvalue weighted by atomic mass is 9.97. The average Bonchev–Trinajstić information content (AvgIpc) is 2.89. The summed E-state index contributed by atoms with van der Waals surface area (Å²) in [6, 6.07) is 4.31. The summed E-state index contributed by atoms with van der Waals surface area (Å²) >= 11 is 0. The molecule has 126 valence electrons. The van der Waals surface area contributed by atoms with Crippen molar-refractivity contribution in [1.29, 1.82) is 0 Å². The van der Waals surface area contributed by atoms with Gasteiger partial charge < -0.3 is 10.6 Å². The van der Waals surface area contributed by atoms with Crippen molar-refractivity contribution in [3.63, 3.8) is 0 Å². The van der Waals surface area contributed by atoms with E-state index >= 15 is 0 Å². The molecule has 2 heterocycles. The number of halogens is 2. The van der Waals surface area contributed by atoms with E-state index in [1.54, 1.807) is 6.20 Å². The molecule has 2 N–H and O–H groups in total. The lowest BCUT2D eigenvalue weighted by Crippen LogP contribution is -2.36. The highest BCUT2D eigenvalue weighted by Crippen LogP contribution is 2.23. The minimum absolute atomic E-state index is 0. The van der Waals surface area contributed by atoms with Crippen molar-refractivity contribution in [3.8, 4) is 0 Å². The van der Waals surface area contributed by atoms with Gasteiger partial charge in [-0.25, -0.2) is 0 Å². The van der Waals surface area contributed by atoms with Crippen molar-refractivity contribution in [1.82, 2.24) is 15.6 Å². The van der Waals surface area contributed by atoms with Crippen LogP contribution in [-0.4, -0.2) is 23.5 Å². The minimum atomic E-state index is -0.00916. The number of carbonyl (C=O) groups excluding carboxylic acids is 1. The largest absolute Gasteiger partial charge is 0.347 e. The predicted molar refractivity (Wildman–Crippen MR) is 94.8 cm³/mol. The van der Waals surface area contributed by atoms with Gasteiger partial charge in [0, 0.05) is 18.7 Å². The van der Waals surface area contributed by atoms with Crippen LogP contribution in [0.1, 0.15) is 50.4 Å². The molecule has 0 saturated carbocycles. The molecule has 1 fully saturated rings. The number of amides is 1. The van der Waals surface area contributed by atoms with Crippen LogP contribution in [0.5, 0.6) is 0 Å². The zero-order valence-corrected chi connectivity index (χ0v) is 15.1. The normalized spacial score (nSPS) is 18.3. The summed E-state index contributed by atoms with van der Waals surface area (Å²) in [5.41, 5.74) is 2.11. The first-order chi connectivity index (χ1) is 9.58. The maximum absolute atomic E-state index is 12.2. The number of pyridine rings is 1. The van der Waals surface area contributed by atoms with Crippen molar-refractivity contribution in [2.24, 2.45) is 5.92 Å². The van der Waals surface area contributed by atoms with Gasteiger partial charge in [0.1, 0.15) is 0 Å². The highest BCUT2D eigenvalue weighted by atomic mass is 35.5. The summed E-state index contributed by atoms with van der Waals surface area (Å²) in [6.07, 6.45) is 4.63. The number of hydrogen-bond donors (Lipinski definition) is 2. The van der Waals surface area contributed by atoms with Gasteiger partial charge >= 0.3 is 0 Å². The van der Waals surface area contributed by atoms with Gasteiger partial charge in [-0.2, -0.15) is 0 Å². The molecule has 1 aliphatic heterocycles. The van der Waals surface area contributed by atoms with Crippen LogP contribution in [0, 0.1) is 12.8 Å². The molecule has 22 heavy (non-hydrogen) atoms. The first kappa shape index (κ1) is 21.2. The van der Waals surface area contributed by atoms with Crippen LogP contribution in [-0.2, 0) is 4.79 Å². The Labute approximate surface area is 145 Å². The third kappa shape index (κ3) is 5.75. The van der Waals surface area contributed by atoms with Gasteiger partial charge in [0.15, 0.2) is 0 Å². The van der Waals surface area contributed by atoms with Gasteiger partial charge in [-0.15, -0.1) is 24.8 Å². The molecule has 4 nitrogen and oxygen atoms in total. The Morgan fingerprint density at radius 1 is 1.45 bits per heavy atom. The zero-order valence-electron chi connectivity index (χ0n) is 13.5. The summed E-state index contributed by atoms with van der Waals surface area (Å²) in [5, 5.41) is 6.52. The molecular weight excluding hydrogens is 321 g/mol. The molecule has 1 amide bonds. The maximum atomic E-state index is 12.2. The van der Waals surface area contributed by atoms with Gasteiger partial charge in [0.2, 0.25) is 5.91 Å². The van der Waals surface area contributed by atoms with E-state index in [1.807, 2.05) is 19.1 Å². The van der Waals surface area contributed by atoms with E-state index in [-0.39, 0.29) is 36.8 Å². The zero-order chi connectivity index (χ0) is 14.5.